The van der Waals surface area contributed by atoms with Crippen molar-refractivity contribution in [2.24, 2.45) is 0 Å². The highest BCUT2D eigenvalue weighted by atomic mass is 32.1. The highest BCUT2D eigenvalue weighted by Gasteiger charge is 2.23. The number of aromatic nitrogens is 3. The molecule has 0 fully saturated rings. The molecule has 3 heterocycles. The summed E-state index contributed by atoms with van der Waals surface area (Å²) < 4.78 is 10.7. The fraction of sp³-hybridized carbons (Fsp3) is 0.154. The van der Waals surface area contributed by atoms with Crippen LogP contribution in [-0.4, -0.2) is 40.0 Å². The number of aromatic amines is 1. The van der Waals surface area contributed by atoms with Crippen LogP contribution < -0.4 is 10.1 Å². The van der Waals surface area contributed by atoms with E-state index in [1.54, 1.807) is 43.6 Å². The number of anilines is 1. The first kappa shape index (κ1) is 23.7. The third-order valence-electron chi connectivity index (χ3n) is 5.50. The predicted molar refractivity (Wildman–Crippen MR) is 142 cm³/mol. The van der Waals surface area contributed by atoms with Gasteiger partial charge in [0.25, 0.3) is 5.91 Å². The van der Waals surface area contributed by atoms with Crippen LogP contribution in [0.25, 0.3) is 33.0 Å². The van der Waals surface area contributed by atoms with Crippen LogP contribution >= 0.6 is 22.7 Å². The van der Waals surface area contributed by atoms with E-state index < -0.39 is 18.0 Å². The molecule has 0 bridgehead atoms. The lowest BCUT2D eigenvalue weighted by atomic mass is 10.2. The van der Waals surface area contributed by atoms with Gasteiger partial charge in [0, 0.05) is 10.9 Å². The van der Waals surface area contributed by atoms with Crippen LogP contribution in [0.3, 0.4) is 0 Å². The smallest absolute Gasteiger partial charge is 0.338 e. The van der Waals surface area contributed by atoms with Gasteiger partial charge in [-0.3, -0.25) is 10.1 Å². The van der Waals surface area contributed by atoms with Gasteiger partial charge < -0.3 is 14.5 Å². The molecule has 5 aromatic rings. The zero-order valence-electron chi connectivity index (χ0n) is 19.5. The molecule has 2 aromatic carbocycles. The van der Waals surface area contributed by atoms with E-state index in [0.29, 0.717) is 34.0 Å². The van der Waals surface area contributed by atoms with Crippen LogP contribution in [0.15, 0.2) is 65.4 Å². The van der Waals surface area contributed by atoms with Crippen molar-refractivity contribution in [3.8, 4) is 27.7 Å². The first-order valence-electron chi connectivity index (χ1n) is 11.2. The van der Waals surface area contributed by atoms with Gasteiger partial charge in [-0.05, 0) is 60.3 Å². The Balaban J connectivity index is 1.27. The number of fused-ring (bicyclic) bond motifs is 1. The van der Waals surface area contributed by atoms with E-state index in [4.69, 9.17) is 9.47 Å². The number of carbonyl (C=O) groups is 2. The van der Waals surface area contributed by atoms with Gasteiger partial charge in [-0.1, -0.05) is 13.0 Å². The minimum absolute atomic E-state index is 0.327. The number of methoxy groups -OCH3 is 1. The molecule has 0 aliphatic carbocycles. The maximum absolute atomic E-state index is 12.9. The third kappa shape index (κ3) is 5.00. The lowest BCUT2D eigenvalue weighted by molar-refractivity contribution is -0.124. The number of hydrogen-bond acceptors (Lipinski definition) is 8. The van der Waals surface area contributed by atoms with E-state index in [9.17, 15) is 9.59 Å². The lowest BCUT2D eigenvalue weighted by Gasteiger charge is -2.15. The number of thiophene rings is 1. The van der Waals surface area contributed by atoms with E-state index >= 15 is 0 Å². The van der Waals surface area contributed by atoms with Crippen molar-refractivity contribution in [1.29, 1.82) is 0 Å². The molecule has 8 nitrogen and oxygen atoms in total. The number of imidazole rings is 1. The Kier molecular flexibility index (Phi) is 6.79. The second-order valence-corrected chi connectivity index (χ2v) is 9.66. The summed E-state index contributed by atoms with van der Waals surface area (Å²) in [7, 11) is 1.62. The molecule has 2 N–H and O–H groups in total. The molecule has 182 valence electrons. The number of nitrogens with zero attached hydrogens (tertiary/aromatic N) is 2. The monoisotopic (exact) mass is 518 g/mol. The van der Waals surface area contributed by atoms with Crippen LogP contribution in [-0.2, 0) is 9.53 Å². The van der Waals surface area contributed by atoms with Crippen LogP contribution in [0.1, 0.15) is 23.7 Å². The van der Waals surface area contributed by atoms with Crippen molar-refractivity contribution in [3.63, 3.8) is 0 Å². The minimum Gasteiger partial charge on any atom is -0.497 e. The maximum atomic E-state index is 12.9. The Bertz CT molecular complexity index is 1510. The van der Waals surface area contributed by atoms with Gasteiger partial charge in [0.1, 0.15) is 11.6 Å². The third-order valence-corrected chi connectivity index (χ3v) is 7.15. The van der Waals surface area contributed by atoms with Gasteiger partial charge in [-0.2, -0.15) is 0 Å². The molecule has 0 saturated carbocycles. The Morgan fingerprint density at radius 1 is 1.08 bits per heavy atom. The van der Waals surface area contributed by atoms with Gasteiger partial charge in [0.15, 0.2) is 11.2 Å². The summed E-state index contributed by atoms with van der Waals surface area (Å²) >= 11 is 2.91. The normalized spacial score (nSPS) is 11.8. The summed E-state index contributed by atoms with van der Waals surface area (Å²) in [6, 6.07) is 16.5. The van der Waals surface area contributed by atoms with E-state index in [2.05, 4.69) is 20.3 Å². The Morgan fingerprint density at radius 3 is 2.64 bits per heavy atom. The SMILES string of the molecule is CCC(OC(=O)c1ccc2nc(-c3ccc(OC)cc3)[nH]c2c1)C(=O)Nc1nc(-c2cccs2)cs1. The summed E-state index contributed by atoms with van der Waals surface area (Å²) in [5.41, 5.74) is 3.43. The summed E-state index contributed by atoms with van der Waals surface area (Å²) in [6.45, 7) is 1.79. The molecule has 0 saturated heterocycles. The molecular weight excluding hydrogens is 496 g/mol. The molecule has 0 spiro atoms. The fourth-order valence-corrected chi connectivity index (χ4v) is 5.07. The van der Waals surface area contributed by atoms with Gasteiger partial charge >= 0.3 is 5.97 Å². The van der Waals surface area contributed by atoms with Crippen molar-refractivity contribution in [2.75, 3.05) is 12.4 Å². The van der Waals surface area contributed by atoms with E-state index in [1.165, 1.54) is 11.3 Å². The predicted octanol–water partition coefficient (Wildman–Crippen LogP) is 6.00. The van der Waals surface area contributed by atoms with Crippen molar-refractivity contribution >= 4 is 50.7 Å². The van der Waals surface area contributed by atoms with Crippen LogP contribution in [0, 0.1) is 0 Å². The molecule has 5 rings (SSSR count). The van der Waals surface area contributed by atoms with Crippen molar-refractivity contribution in [1.82, 2.24) is 15.0 Å². The molecule has 3 aromatic heterocycles. The maximum Gasteiger partial charge on any atom is 0.338 e. The molecule has 0 aliphatic rings. The minimum atomic E-state index is -0.945. The standard InChI is InChI=1S/C26H22N4O4S2/c1-3-21(24(31)30-26-29-20(14-36-26)22-5-4-12-35-22)34-25(32)16-8-11-18-19(13-16)28-23(27-18)15-6-9-17(33-2)10-7-15/h4-14,21H,3H2,1-2H3,(H,27,28)(H,29,30,31). The molecule has 0 aliphatic heterocycles. The molecule has 0 radical (unpaired) electrons. The van der Waals surface area contributed by atoms with Gasteiger partial charge in [-0.15, -0.1) is 22.7 Å². The number of esters is 1. The molecular formula is C26H22N4O4S2. The highest BCUT2D eigenvalue weighted by Crippen LogP contribution is 2.28. The van der Waals surface area contributed by atoms with Crippen LogP contribution in [0.5, 0.6) is 5.75 Å². The van der Waals surface area contributed by atoms with Crippen molar-refractivity contribution in [2.45, 2.75) is 19.4 Å². The van der Waals surface area contributed by atoms with Crippen molar-refractivity contribution in [3.05, 3.63) is 70.9 Å². The summed E-state index contributed by atoms with van der Waals surface area (Å²) in [5, 5.41) is 7.08. The number of hydrogen-bond donors (Lipinski definition) is 2. The topological polar surface area (TPSA) is 106 Å². The summed E-state index contributed by atoms with van der Waals surface area (Å²) in [6.07, 6.45) is -0.617. The Morgan fingerprint density at radius 2 is 1.92 bits per heavy atom. The number of carbonyl (C=O) groups excluding carboxylic acids is 2. The number of amides is 1. The second-order valence-electron chi connectivity index (χ2n) is 7.85. The second kappa shape index (κ2) is 10.3. The molecule has 1 atom stereocenters. The van der Waals surface area contributed by atoms with E-state index in [1.807, 2.05) is 47.2 Å². The first-order chi connectivity index (χ1) is 17.5. The zero-order valence-corrected chi connectivity index (χ0v) is 21.1. The number of H-pyrrole nitrogens is 1. The molecule has 1 unspecified atom stereocenters. The number of thiazole rings is 1. The summed E-state index contributed by atoms with van der Waals surface area (Å²) in [4.78, 5) is 38.9. The Hall–Kier alpha value is -4.02. The van der Waals surface area contributed by atoms with Crippen molar-refractivity contribution < 1.29 is 19.1 Å². The molecule has 36 heavy (non-hydrogen) atoms. The Labute approximate surface area is 215 Å². The largest absolute Gasteiger partial charge is 0.497 e. The summed E-state index contributed by atoms with van der Waals surface area (Å²) in [5.74, 6) is 0.432. The molecule has 10 heteroatoms. The van der Waals surface area contributed by atoms with Gasteiger partial charge in [0.05, 0.1) is 34.3 Å². The first-order valence-corrected chi connectivity index (χ1v) is 13.0. The number of nitrogens with one attached hydrogen (secondary N) is 2. The van der Waals surface area contributed by atoms with Crippen LogP contribution in [0.4, 0.5) is 5.13 Å². The zero-order chi connectivity index (χ0) is 25.1. The number of benzene rings is 2. The van der Waals surface area contributed by atoms with E-state index in [0.717, 1.165) is 21.9 Å². The van der Waals surface area contributed by atoms with Crippen LogP contribution in [0.2, 0.25) is 0 Å². The number of ether oxygens (including phenoxy) is 2. The average Bonchev–Trinajstić information content (AvgIpc) is 3.67. The van der Waals surface area contributed by atoms with Gasteiger partial charge in [-0.25, -0.2) is 14.8 Å². The quantitative estimate of drug-likeness (QED) is 0.244. The number of rotatable bonds is 8. The molecule has 1 amide bonds. The van der Waals surface area contributed by atoms with E-state index in [-0.39, 0.29) is 0 Å². The van der Waals surface area contributed by atoms with Gasteiger partial charge in [0.2, 0.25) is 0 Å². The lowest BCUT2D eigenvalue weighted by Crippen LogP contribution is -2.32. The average molecular weight is 519 g/mol. The fourth-order valence-electron chi connectivity index (χ4n) is 3.60. The highest BCUT2D eigenvalue weighted by molar-refractivity contribution is 7.16.